The number of para-hydroxylation sites is 1. The van der Waals surface area contributed by atoms with Gasteiger partial charge in [0.05, 0.1) is 6.20 Å². The number of aromatic nitrogens is 3. The van der Waals surface area contributed by atoms with Crippen molar-refractivity contribution in [3.8, 4) is 0 Å². The zero-order valence-corrected chi connectivity index (χ0v) is 14.2. The molecule has 2 heterocycles. The average Bonchev–Trinajstić information content (AvgIpc) is 2.55. The molecule has 2 aromatic rings. The van der Waals surface area contributed by atoms with Gasteiger partial charge in [0.25, 0.3) is 0 Å². The summed E-state index contributed by atoms with van der Waals surface area (Å²) in [4.78, 5) is 6.88. The number of hydrogen-bond acceptors (Lipinski definition) is 5. The standard InChI is InChI=1S/C18H25N5/c1-18(2,3)14-9-5-6-10-15(14)20-16-13-19-22-17(21-16)23-11-7-4-8-12-23/h5-6,9-10,13H,4,7-8,11-12H2,1-3H3,(H,20,21,22). The Morgan fingerprint density at radius 3 is 2.52 bits per heavy atom. The second-order valence-corrected chi connectivity index (χ2v) is 7.11. The van der Waals surface area contributed by atoms with Crippen LogP contribution in [0.3, 0.4) is 0 Å². The van der Waals surface area contributed by atoms with E-state index in [-0.39, 0.29) is 5.41 Å². The fourth-order valence-corrected chi connectivity index (χ4v) is 2.97. The maximum absolute atomic E-state index is 4.66. The van der Waals surface area contributed by atoms with Crippen molar-refractivity contribution in [3.05, 3.63) is 36.0 Å². The number of anilines is 3. The number of nitrogens with one attached hydrogen (secondary N) is 1. The Bertz CT molecular complexity index is 656. The van der Waals surface area contributed by atoms with E-state index in [2.05, 4.69) is 64.4 Å². The summed E-state index contributed by atoms with van der Waals surface area (Å²) in [5.41, 5.74) is 2.41. The Morgan fingerprint density at radius 2 is 1.78 bits per heavy atom. The van der Waals surface area contributed by atoms with Crippen LogP contribution >= 0.6 is 0 Å². The van der Waals surface area contributed by atoms with Gasteiger partial charge in [-0.3, -0.25) is 0 Å². The van der Waals surface area contributed by atoms with Gasteiger partial charge in [0, 0.05) is 18.8 Å². The van der Waals surface area contributed by atoms with Crippen molar-refractivity contribution in [3.63, 3.8) is 0 Å². The molecule has 1 aromatic carbocycles. The van der Waals surface area contributed by atoms with Gasteiger partial charge >= 0.3 is 0 Å². The van der Waals surface area contributed by atoms with Gasteiger partial charge in [-0.2, -0.15) is 10.1 Å². The lowest BCUT2D eigenvalue weighted by atomic mass is 9.86. The van der Waals surface area contributed by atoms with E-state index in [1.54, 1.807) is 6.20 Å². The van der Waals surface area contributed by atoms with Gasteiger partial charge in [-0.05, 0) is 36.3 Å². The molecule has 5 heteroatoms. The number of nitrogens with zero attached hydrogens (tertiary/aromatic N) is 4. The highest BCUT2D eigenvalue weighted by atomic mass is 15.3. The first kappa shape index (κ1) is 15.7. The first-order valence-corrected chi connectivity index (χ1v) is 8.35. The summed E-state index contributed by atoms with van der Waals surface area (Å²) in [6.07, 6.45) is 5.38. The molecule has 0 spiro atoms. The third-order valence-electron chi connectivity index (χ3n) is 4.18. The molecule has 0 aliphatic carbocycles. The van der Waals surface area contributed by atoms with Crippen LogP contribution in [0.5, 0.6) is 0 Å². The lowest BCUT2D eigenvalue weighted by Gasteiger charge is -2.26. The van der Waals surface area contributed by atoms with Crippen molar-refractivity contribution < 1.29 is 0 Å². The minimum atomic E-state index is 0.0692. The fourth-order valence-electron chi connectivity index (χ4n) is 2.97. The van der Waals surface area contributed by atoms with Gasteiger partial charge in [-0.25, -0.2) is 0 Å². The Morgan fingerprint density at radius 1 is 1.04 bits per heavy atom. The molecule has 0 unspecified atom stereocenters. The molecule has 23 heavy (non-hydrogen) atoms. The van der Waals surface area contributed by atoms with E-state index in [9.17, 15) is 0 Å². The largest absolute Gasteiger partial charge is 0.339 e. The predicted octanol–water partition coefficient (Wildman–Crippen LogP) is 3.90. The topological polar surface area (TPSA) is 53.9 Å². The number of piperidine rings is 1. The molecular weight excluding hydrogens is 286 g/mol. The molecular formula is C18H25N5. The van der Waals surface area contributed by atoms with Gasteiger partial charge in [-0.1, -0.05) is 39.0 Å². The highest BCUT2D eigenvalue weighted by molar-refractivity contribution is 5.62. The summed E-state index contributed by atoms with van der Waals surface area (Å²) in [5.74, 6) is 1.47. The summed E-state index contributed by atoms with van der Waals surface area (Å²) in [6, 6.07) is 8.35. The van der Waals surface area contributed by atoms with Crippen LogP contribution in [0.4, 0.5) is 17.5 Å². The minimum Gasteiger partial charge on any atom is -0.339 e. The summed E-state index contributed by atoms with van der Waals surface area (Å²) in [6.45, 7) is 8.67. The minimum absolute atomic E-state index is 0.0692. The molecule has 1 saturated heterocycles. The van der Waals surface area contributed by atoms with Crippen LogP contribution in [0.2, 0.25) is 0 Å². The molecule has 3 rings (SSSR count). The van der Waals surface area contributed by atoms with Crippen LogP contribution in [0.15, 0.2) is 30.5 Å². The van der Waals surface area contributed by atoms with E-state index in [4.69, 9.17) is 0 Å². The second kappa shape index (κ2) is 6.52. The second-order valence-electron chi connectivity index (χ2n) is 7.11. The lowest BCUT2D eigenvalue weighted by Crippen LogP contribution is -2.31. The normalized spacial score (nSPS) is 15.5. The Kier molecular flexibility index (Phi) is 4.46. The molecule has 1 aromatic heterocycles. The van der Waals surface area contributed by atoms with E-state index >= 15 is 0 Å². The SMILES string of the molecule is CC(C)(C)c1ccccc1Nc1cnnc(N2CCCCC2)n1. The maximum atomic E-state index is 4.66. The molecule has 0 bridgehead atoms. The van der Waals surface area contributed by atoms with Crippen LogP contribution < -0.4 is 10.2 Å². The van der Waals surface area contributed by atoms with Crippen LogP contribution in [-0.4, -0.2) is 28.3 Å². The highest BCUT2D eigenvalue weighted by Crippen LogP contribution is 2.31. The first-order chi connectivity index (χ1) is 11.0. The lowest BCUT2D eigenvalue weighted by molar-refractivity contribution is 0.565. The van der Waals surface area contributed by atoms with Crippen LogP contribution in [0, 0.1) is 0 Å². The molecule has 1 aliphatic heterocycles. The fraction of sp³-hybridized carbons (Fsp3) is 0.500. The first-order valence-electron chi connectivity index (χ1n) is 8.35. The maximum Gasteiger partial charge on any atom is 0.247 e. The van der Waals surface area contributed by atoms with Crippen molar-refractivity contribution in [1.82, 2.24) is 15.2 Å². The molecule has 0 radical (unpaired) electrons. The van der Waals surface area contributed by atoms with Crippen molar-refractivity contribution in [2.24, 2.45) is 0 Å². The Labute approximate surface area is 138 Å². The van der Waals surface area contributed by atoms with Gasteiger partial charge in [0.15, 0.2) is 5.82 Å². The molecule has 0 atom stereocenters. The molecule has 0 saturated carbocycles. The molecule has 122 valence electrons. The smallest absolute Gasteiger partial charge is 0.247 e. The zero-order valence-electron chi connectivity index (χ0n) is 14.2. The van der Waals surface area contributed by atoms with Crippen molar-refractivity contribution in [1.29, 1.82) is 0 Å². The van der Waals surface area contributed by atoms with Gasteiger partial charge in [0.2, 0.25) is 5.95 Å². The molecule has 5 nitrogen and oxygen atoms in total. The van der Waals surface area contributed by atoms with Crippen LogP contribution in [0.1, 0.15) is 45.6 Å². The van der Waals surface area contributed by atoms with E-state index < -0.39 is 0 Å². The summed E-state index contributed by atoms with van der Waals surface area (Å²) in [7, 11) is 0. The molecule has 0 amide bonds. The summed E-state index contributed by atoms with van der Waals surface area (Å²) >= 11 is 0. The van der Waals surface area contributed by atoms with E-state index in [0.29, 0.717) is 0 Å². The monoisotopic (exact) mass is 311 g/mol. The average molecular weight is 311 g/mol. The van der Waals surface area contributed by atoms with E-state index in [1.807, 2.05) is 6.07 Å². The van der Waals surface area contributed by atoms with E-state index in [1.165, 1.54) is 24.8 Å². The van der Waals surface area contributed by atoms with E-state index in [0.717, 1.165) is 30.5 Å². The number of hydrogen-bond donors (Lipinski definition) is 1. The van der Waals surface area contributed by atoms with Crippen molar-refractivity contribution in [2.45, 2.75) is 45.4 Å². The zero-order chi connectivity index (χ0) is 16.3. The third-order valence-corrected chi connectivity index (χ3v) is 4.18. The van der Waals surface area contributed by atoms with Crippen molar-refractivity contribution in [2.75, 3.05) is 23.3 Å². The summed E-state index contributed by atoms with van der Waals surface area (Å²) < 4.78 is 0. The van der Waals surface area contributed by atoms with Gasteiger partial charge < -0.3 is 10.2 Å². The Hall–Kier alpha value is -2.17. The predicted molar refractivity (Wildman–Crippen MR) is 94.3 cm³/mol. The number of rotatable bonds is 3. The third kappa shape index (κ3) is 3.78. The van der Waals surface area contributed by atoms with Crippen LogP contribution in [0.25, 0.3) is 0 Å². The molecule has 1 fully saturated rings. The van der Waals surface area contributed by atoms with Gasteiger partial charge in [0.1, 0.15) is 0 Å². The number of benzene rings is 1. The molecule has 1 aliphatic rings. The van der Waals surface area contributed by atoms with Crippen LogP contribution in [-0.2, 0) is 5.41 Å². The molecule has 1 N–H and O–H groups in total. The quantitative estimate of drug-likeness (QED) is 0.931. The van der Waals surface area contributed by atoms with Crippen molar-refractivity contribution >= 4 is 17.5 Å². The van der Waals surface area contributed by atoms with Gasteiger partial charge in [-0.15, -0.1) is 5.10 Å². The summed E-state index contributed by atoms with van der Waals surface area (Å²) in [5, 5.41) is 11.8. The Balaban J connectivity index is 1.84. The highest BCUT2D eigenvalue weighted by Gasteiger charge is 2.18.